The van der Waals surface area contributed by atoms with E-state index in [0.717, 1.165) is 50.4 Å². The Bertz CT molecular complexity index is 1200. The molecule has 0 saturated carbocycles. The van der Waals surface area contributed by atoms with Gasteiger partial charge in [0.1, 0.15) is 23.6 Å². The van der Waals surface area contributed by atoms with E-state index in [9.17, 15) is 0 Å². The Kier molecular flexibility index (Phi) is 5.96. The topological polar surface area (TPSA) is 62.1 Å². The summed E-state index contributed by atoms with van der Waals surface area (Å²) in [5, 5.41) is 8.68. The molecular weight excluding hydrogens is 456 g/mol. The predicted octanol–water partition coefficient (Wildman–Crippen LogP) is 5.89. The number of halogens is 1. The second-order valence-electron chi connectivity index (χ2n) is 8.63. The second-order valence-corrected chi connectivity index (χ2v) is 9.42. The molecule has 6 nitrogen and oxygen atoms in total. The lowest BCUT2D eigenvalue weighted by Gasteiger charge is -2.18. The molecule has 2 aromatic heterocycles. The first-order valence-electron chi connectivity index (χ1n) is 10.1. The molecule has 0 aliphatic rings. The van der Waals surface area contributed by atoms with E-state index in [1.165, 1.54) is 0 Å². The van der Waals surface area contributed by atoms with Crippen molar-refractivity contribution in [3.8, 4) is 22.8 Å². The second kappa shape index (κ2) is 8.67. The molecule has 160 valence electrons. The first kappa shape index (κ1) is 21.3. The Hall–Kier alpha value is -2.93. The highest BCUT2D eigenvalue weighted by molar-refractivity contribution is 9.10. The number of hydrogen-bond acceptors (Lipinski definition) is 5. The third-order valence-corrected chi connectivity index (χ3v) is 5.57. The minimum absolute atomic E-state index is 0.117. The van der Waals surface area contributed by atoms with Crippen LogP contribution in [0.25, 0.3) is 22.3 Å². The molecular formula is C24H25BrN4O2. The molecule has 2 heterocycles. The molecule has 0 radical (unpaired) electrons. The van der Waals surface area contributed by atoms with E-state index < -0.39 is 0 Å². The zero-order chi connectivity index (χ0) is 22.0. The number of nitrogens with zero attached hydrogens (tertiary/aromatic N) is 4. The van der Waals surface area contributed by atoms with Gasteiger partial charge < -0.3 is 9.47 Å². The number of hydrogen-bond donors (Lipinski definition) is 0. The third kappa shape index (κ3) is 4.88. The van der Waals surface area contributed by atoms with Crippen LogP contribution in [0.3, 0.4) is 0 Å². The van der Waals surface area contributed by atoms with Crippen molar-refractivity contribution in [3.63, 3.8) is 0 Å². The fourth-order valence-electron chi connectivity index (χ4n) is 3.32. The van der Waals surface area contributed by atoms with Crippen molar-refractivity contribution in [1.29, 1.82) is 0 Å². The molecule has 0 fully saturated rings. The van der Waals surface area contributed by atoms with Crippen LogP contribution >= 0.6 is 15.9 Å². The van der Waals surface area contributed by atoms with Gasteiger partial charge in [0.15, 0.2) is 0 Å². The monoisotopic (exact) mass is 480 g/mol. The maximum Gasteiger partial charge on any atom is 0.137 e. The number of benzene rings is 2. The van der Waals surface area contributed by atoms with Gasteiger partial charge in [-0.15, -0.1) is 5.10 Å². The van der Waals surface area contributed by atoms with Crippen LogP contribution in [-0.2, 0) is 13.2 Å². The van der Waals surface area contributed by atoms with Gasteiger partial charge in [-0.1, -0.05) is 44.2 Å². The summed E-state index contributed by atoms with van der Waals surface area (Å²) in [6, 6.07) is 16.0. The molecule has 0 saturated heterocycles. The predicted molar refractivity (Wildman–Crippen MR) is 125 cm³/mol. The van der Waals surface area contributed by atoms with Crippen molar-refractivity contribution in [3.05, 3.63) is 64.8 Å². The van der Waals surface area contributed by atoms with Crippen molar-refractivity contribution in [1.82, 2.24) is 20.0 Å². The molecule has 0 aliphatic carbocycles. The molecule has 2 aromatic carbocycles. The van der Waals surface area contributed by atoms with Gasteiger partial charge in [0, 0.05) is 12.1 Å². The van der Waals surface area contributed by atoms with E-state index in [4.69, 9.17) is 9.47 Å². The summed E-state index contributed by atoms with van der Waals surface area (Å²) in [7, 11) is 1.63. The quantitative estimate of drug-likeness (QED) is 0.344. The lowest BCUT2D eigenvalue weighted by atomic mass is 9.97. The van der Waals surface area contributed by atoms with Crippen LogP contribution in [0.2, 0.25) is 0 Å². The molecule has 0 spiro atoms. The smallest absolute Gasteiger partial charge is 0.137 e. The molecule has 4 rings (SSSR count). The van der Waals surface area contributed by atoms with E-state index in [1.807, 2.05) is 47.1 Å². The summed E-state index contributed by atoms with van der Waals surface area (Å²) in [5.74, 6) is 1.48. The number of rotatable bonds is 6. The normalized spacial score (nSPS) is 11.6. The van der Waals surface area contributed by atoms with Crippen LogP contribution < -0.4 is 9.47 Å². The van der Waals surface area contributed by atoms with E-state index >= 15 is 0 Å². The summed E-state index contributed by atoms with van der Waals surface area (Å²) in [5.41, 5.74) is 4.88. The molecule has 0 amide bonds. The van der Waals surface area contributed by atoms with E-state index in [1.54, 1.807) is 13.3 Å². The maximum atomic E-state index is 6.10. The van der Waals surface area contributed by atoms with Crippen LogP contribution in [-0.4, -0.2) is 27.1 Å². The fraction of sp³-hybridized carbons (Fsp3) is 0.292. The van der Waals surface area contributed by atoms with E-state index in [-0.39, 0.29) is 5.41 Å². The molecule has 0 bridgehead atoms. The maximum absolute atomic E-state index is 6.10. The average Bonchev–Trinajstić information content (AvgIpc) is 3.15. The minimum atomic E-state index is 0.117. The van der Waals surface area contributed by atoms with Crippen LogP contribution in [0.1, 0.15) is 26.3 Å². The standard InChI is InChI=1S/C24H25BrN4O2/c1-24(2,3)15-29-20-10-11-21(22(25)23(20)27-28-29)31-14-16-6-5-7-17(12-16)19-9-8-18(30-4)13-26-19/h5-13H,14-15H2,1-4H3. The lowest BCUT2D eigenvalue weighted by Crippen LogP contribution is -2.16. The average molecular weight is 481 g/mol. The first-order valence-corrected chi connectivity index (χ1v) is 10.9. The van der Waals surface area contributed by atoms with E-state index in [0.29, 0.717) is 6.61 Å². The van der Waals surface area contributed by atoms with Crippen LogP contribution in [0, 0.1) is 5.41 Å². The highest BCUT2D eigenvalue weighted by atomic mass is 79.9. The van der Waals surface area contributed by atoms with Gasteiger partial charge >= 0.3 is 0 Å². The van der Waals surface area contributed by atoms with Crippen molar-refractivity contribution in [2.45, 2.75) is 33.9 Å². The van der Waals surface area contributed by atoms with Crippen molar-refractivity contribution in [2.24, 2.45) is 5.41 Å². The van der Waals surface area contributed by atoms with Crippen molar-refractivity contribution < 1.29 is 9.47 Å². The van der Waals surface area contributed by atoms with Crippen molar-refractivity contribution in [2.75, 3.05) is 7.11 Å². The molecule has 0 aliphatic heterocycles. The van der Waals surface area contributed by atoms with Crippen molar-refractivity contribution >= 4 is 27.0 Å². The zero-order valence-electron chi connectivity index (χ0n) is 18.1. The first-order chi connectivity index (χ1) is 14.8. The Morgan fingerprint density at radius 2 is 1.90 bits per heavy atom. The highest BCUT2D eigenvalue weighted by Gasteiger charge is 2.17. The van der Waals surface area contributed by atoms with Crippen LogP contribution in [0.4, 0.5) is 0 Å². The molecule has 31 heavy (non-hydrogen) atoms. The van der Waals surface area contributed by atoms with Gasteiger partial charge in [0.05, 0.1) is 29.0 Å². The van der Waals surface area contributed by atoms with E-state index in [2.05, 4.69) is 58.1 Å². The Labute approximate surface area is 190 Å². The number of ether oxygens (including phenoxy) is 2. The summed E-state index contributed by atoms with van der Waals surface area (Å²) in [6.07, 6.45) is 1.72. The molecule has 0 unspecified atom stereocenters. The lowest BCUT2D eigenvalue weighted by molar-refractivity contribution is 0.304. The van der Waals surface area contributed by atoms with Crippen LogP contribution in [0.5, 0.6) is 11.5 Å². The summed E-state index contributed by atoms with van der Waals surface area (Å²) >= 11 is 3.65. The van der Waals surface area contributed by atoms with Gasteiger partial charge in [-0.2, -0.15) is 0 Å². The highest BCUT2D eigenvalue weighted by Crippen LogP contribution is 2.33. The zero-order valence-corrected chi connectivity index (χ0v) is 19.7. The van der Waals surface area contributed by atoms with Gasteiger partial charge in [0.25, 0.3) is 0 Å². The van der Waals surface area contributed by atoms with Gasteiger partial charge in [-0.05, 0) is 57.2 Å². The van der Waals surface area contributed by atoms with Gasteiger partial charge in [0.2, 0.25) is 0 Å². The molecule has 7 heteroatoms. The SMILES string of the molecule is COc1ccc(-c2cccc(COc3ccc4c(nnn4CC(C)(C)C)c3Br)c2)nc1. The fourth-order valence-corrected chi connectivity index (χ4v) is 3.85. The summed E-state index contributed by atoms with van der Waals surface area (Å²) < 4.78 is 14.0. The van der Waals surface area contributed by atoms with Crippen LogP contribution in [0.15, 0.2) is 59.2 Å². The molecule has 4 aromatic rings. The largest absolute Gasteiger partial charge is 0.495 e. The number of aromatic nitrogens is 4. The Balaban J connectivity index is 1.52. The number of methoxy groups -OCH3 is 1. The Morgan fingerprint density at radius 3 is 2.61 bits per heavy atom. The molecule has 0 atom stereocenters. The minimum Gasteiger partial charge on any atom is -0.495 e. The van der Waals surface area contributed by atoms with Gasteiger partial charge in [-0.3, -0.25) is 4.98 Å². The molecule has 0 N–H and O–H groups in total. The van der Waals surface area contributed by atoms with Gasteiger partial charge in [-0.25, -0.2) is 4.68 Å². The number of fused-ring (bicyclic) bond motifs is 1. The summed E-state index contributed by atoms with van der Waals surface area (Å²) in [4.78, 5) is 4.46. The summed E-state index contributed by atoms with van der Waals surface area (Å²) in [6.45, 7) is 7.78. The third-order valence-electron chi connectivity index (χ3n) is 4.80. The number of pyridine rings is 1. The Morgan fingerprint density at radius 1 is 1.06 bits per heavy atom.